The summed E-state index contributed by atoms with van der Waals surface area (Å²) in [4.78, 5) is 6.73. The van der Waals surface area contributed by atoms with Gasteiger partial charge in [-0.2, -0.15) is 5.10 Å². The first-order valence-electron chi connectivity index (χ1n) is 7.32. The van der Waals surface area contributed by atoms with Crippen LogP contribution in [0.3, 0.4) is 0 Å². The summed E-state index contributed by atoms with van der Waals surface area (Å²) in [7, 11) is 1.96. The van der Waals surface area contributed by atoms with Crippen molar-refractivity contribution >= 4 is 17.5 Å². The molecule has 1 aromatic rings. The Labute approximate surface area is 119 Å². The quantitative estimate of drug-likeness (QED) is 0.703. The average Bonchev–Trinajstić information content (AvgIpc) is 3.14. The van der Waals surface area contributed by atoms with Crippen molar-refractivity contribution in [1.82, 2.24) is 20.8 Å². The van der Waals surface area contributed by atoms with E-state index in [0.717, 1.165) is 43.0 Å². The molecule has 1 saturated carbocycles. The minimum Gasteiger partial charge on any atom is -0.354 e. The van der Waals surface area contributed by atoms with Gasteiger partial charge in [-0.1, -0.05) is 0 Å². The Morgan fingerprint density at radius 3 is 2.95 bits per heavy atom. The van der Waals surface area contributed by atoms with Crippen LogP contribution in [-0.4, -0.2) is 42.7 Å². The number of nitrogens with zero attached hydrogens (tertiary/aromatic N) is 3. The van der Waals surface area contributed by atoms with Crippen LogP contribution in [0.1, 0.15) is 19.8 Å². The molecule has 2 heterocycles. The Morgan fingerprint density at radius 2 is 2.30 bits per heavy atom. The molecule has 1 aromatic heterocycles. The number of anilines is 1. The second-order valence-electron chi connectivity index (χ2n) is 5.29. The second-order valence-corrected chi connectivity index (χ2v) is 5.29. The molecule has 0 atom stereocenters. The third-order valence-electron chi connectivity index (χ3n) is 3.71. The van der Waals surface area contributed by atoms with Gasteiger partial charge in [0.2, 0.25) is 0 Å². The van der Waals surface area contributed by atoms with E-state index in [0.29, 0.717) is 0 Å². The molecule has 0 unspecified atom stereocenters. The van der Waals surface area contributed by atoms with Gasteiger partial charge in [-0.3, -0.25) is 5.10 Å². The van der Waals surface area contributed by atoms with Gasteiger partial charge < -0.3 is 15.5 Å². The van der Waals surface area contributed by atoms with Gasteiger partial charge in [-0.05, 0) is 32.7 Å². The molecule has 0 amide bonds. The standard InChI is InChI=1S/C14H22N6/c1-3-20(7-6-15-2)14-9-13(18-19-14)17-12-8-11(16-12)10-4-5-10/h8-10,15H,3-7H2,1-2H3,(H2,16,17,18,19). The van der Waals surface area contributed by atoms with E-state index >= 15 is 0 Å². The zero-order valence-corrected chi connectivity index (χ0v) is 12.1. The number of rotatable bonds is 7. The largest absolute Gasteiger partial charge is 0.354 e. The van der Waals surface area contributed by atoms with E-state index in [4.69, 9.17) is 0 Å². The molecule has 0 bridgehead atoms. The zero-order valence-electron chi connectivity index (χ0n) is 12.1. The van der Waals surface area contributed by atoms with Crippen LogP contribution in [0.5, 0.6) is 0 Å². The van der Waals surface area contributed by atoms with E-state index in [-0.39, 0.29) is 0 Å². The van der Waals surface area contributed by atoms with Gasteiger partial charge >= 0.3 is 0 Å². The first-order chi connectivity index (χ1) is 9.80. The third kappa shape index (κ3) is 2.85. The predicted octanol–water partition coefficient (Wildman–Crippen LogP) is 1.38. The third-order valence-corrected chi connectivity index (χ3v) is 3.71. The molecule has 108 valence electrons. The second kappa shape index (κ2) is 5.66. The van der Waals surface area contributed by atoms with Crippen LogP contribution in [0.2, 0.25) is 0 Å². The molecular weight excluding hydrogens is 252 g/mol. The molecule has 0 aromatic carbocycles. The maximum Gasteiger partial charge on any atom is 0.152 e. The van der Waals surface area contributed by atoms with Gasteiger partial charge in [0, 0.05) is 37.5 Å². The smallest absolute Gasteiger partial charge is 0.152 e. The van der Waals surface area contributed by atoms with Crippen molar-refractivity contribution in [2.75, 3.05) is 31.6 Å². The van der Waals surface area contributed by atoms with Gasteiger partial charge in [-0.25, -0.2) is 4.99 Å². The maximum absolute atomic E-state index is 4.51. The first kappa shape index (κ1) is 13.2. The summed E-state index contributed by atoms with van der Waals surface area (Å²) in [5, 5.41) is 13.8. The number of amidine groups is 1. The van der Waals surface area contributed by atoms with Gasteiger partial charge in [0.05, 0.1) is 0 Å². The number of allylic oxidation sites excluding steroid dienone is 1. The molecule has 1 aliphatic heterocycles. The fourth-order valence-electron chi connectivity index (χ4n) is 2.30. The molecular formula is C14H22N6. The van der Waals surface area contributed by atoms with E-state index < -0.39 is 0 Å². The van der Waals surface area contributed by atoms with Crippen LogP contribution in [-0.2, 0) is 0 Å². The number of hydrogen-bond acceptors (Lipinski definition) is 4. The molecule has 20 heavy (non-hydrogen) atoms. The van der Waals surface area contributed by atoms with Gasteiger partial charge in [0.25, 0.3) is 0 Å². The van der Waals surface area contributed by atoms with E-state index in [1.165, 1.54) is 18.5 Å². The van der Waals surface area contributed by atoms with Crippen molar-refractivity contribution in [3.05, 3.63) is 17.8 Å². The number of aromatic nitrogens is 2. The lowest BCUT2D eigenvalue weighted by Gasteiger charge is -2.19. The van der Waals surface area contributed by atoms with Crippen molar-refractivity contribution in [3.63, 3.8) is 0 Å². The Balaban J connectivity index is 1.63. The molecule has 2 aliphatic rings. The number of hydrogen-bond donors (Lipinski definition) is 3. The number of nitrogens with one attached hydrogen (secondary N) is 3. The highest BCUT2D eigenvalue weighted by molar-refractivity contribution is 6.02. The fourth-order valence-corrected chi connectivity index (χ4v) is 2.30. The molecule has 3 rings (SSSR count). The SMILES string of the molecule is CCN(CCNC)c1cc(N=C2C=C(C3CC3)N2)[nH]n1. The van der Waals surface area contributed by atoms with Crippen LogP contribution < -0.4 is 15.5 Å². The van der Waals surface area contributed by atoms with Crippen molar-refractivity contribution < 1.29 is 0 Å². The Bertz CT molecular complexity index is 526. The lowest BCUT2D eigenvalue weighted by Crippen LogP contribution is -2.32. The number of H-pyrrole nitrogens is 1. The van der Waals surface area contributed by atoms with E-state index in [2.05, 4.69) is 43.7 Å². The monoisotopic (exact) mass is 274 g/mol. The number of aromatic amines is 1. The molecule has 1 aliphatic carbocycles. The van der Waals surface area contributed by atoms with Gasteiger partial charge in [0.15, 0.2) is 11.6 Å². The van der Waals surface area contributed by atoms with Crippen LogP contribution in [0.4, 0.5) is 11.6 Å². The molecule has 1 fully saturated rings. The summed E-state index contributed by atoms with van der Waals surface area (Å²) in [5.74, 6) is 3.45. The van der Waals surface area contributed by atoms with Crippen molar-refractivity contribution in [1.29, 1.82) is 0 Å². The summed E-state index contributed by atoms with van der Waals surface area (Å²) in [6, 6.07) is 2.00. The molecule has 0 spiro atoms. The molecule has 3 N–H and O–H groups in total. The fraction of sp³-hybridized carbons (Fsp3) is 0.571. The van der Waals surface area contributed by atoms with E-state index in [9.17, 15) is 0 Å². The van der Waals surface area contributed by atoms with E-state index in [1.807, 2.05) is 13.1 Å². The summed E-state index contributed by atoms with van der Waals surface area (Å²) < 4.78 is 0. The zero-order chi connectivity index (χ0) is 13.9. The minimum atomic E-state index is 0.767. The lowest BCUT2D eigenvalue weighted by atomic mass is 10.2. The Kier molecular flexibility index (Phi) is 3.73. The maximum atomic E-state index is 4.51. The van der Waals surface area contributed by atoms with Crippen molar-refractivity contribution in [2.45, 2.75) is 19.8 Å². The van der Waals surface area contributed by atoms with Crippen LogP contribution in [0.25, 0.3) is 0 Å². The van der Waals surface area contributed by atoms with Gasteiger partial charge in [0.1, 0.15) is 5.84 Å². The number of likely N-dealkylation sites (N-methyl/N-ethyl adjacent to an activating group) is 2. The first-order valence-corrected chi connectivity index (χ1v) is 7.32. The van der Waals surface area contributed by atoms with Crippen LogP contribution in [0.15, 0.2) is 22.8 Å². The Hall–Kier alpha value is -1.82. The minimum absolute atomic E-state index is 0.767. The summed E-state index contributed by atoms with van der Waals surface area (Å²) in [6.45, 7) is 4.96. The molecule has 6 nitrogen and oxygen atoms in total. The number of aliphatic imine (C=N–C) groups is 1. The molecule has 6 heteroatoms. The van der Waals surface area contributed by atoms with E-state index in [1.54, 1.807) is 0 Å². The van der Waals surface area contributed by atoms with Crippen LogP contribution >= 0.6 is 0 Å². The highest BCUT2D eigenvalue weighted by Gasteiger charge is 2.30. The van der Waals surface area contributed by atoms with Crippen molar-refractivity contribution in [3.8, 4) is 0 Å². The summed E-state index contributed by atoms with van der Waals surface area (Å²) in [6.07, 6.45) is 4.77. The molecule has 0 saturated heterocycles. The van der Waals surface area contributed by atoms with Crippen LogP contribution in [0, 0.1) is 5.92 Å². The molecule has 0 radical (unpaired) electrons. The average molecular weight is 274 g/mol. The van der Waals surface area contributed by atoms with Crippen molar-refractivity contribution in [2.24, 2.45) is 10.9 Å². The lowest BCUT2D eigenvalue weighted by molar-refractivity contribution is 0.728. The normalized spacial score (nSPS) is 19.5. The van der Waals surface area contributed by atoms with Gasteiger partial charge in [-0.15, -0.1) is 0 Å². The summed E-state index contributed by atoms with van der Waals surface area (Å²) in [5.41, 5.74) is 1.34. The summed E-state index contributed by atoms with van der Waals surface area (Å²) >= 11 is 0. The Morgan fingerprint density at radius 1 is 1.50 bits per heavy atom. The topological polar surface area (TPSA) is 68.3 Å². The predicted molar refractivity (Wildman–Crippen MR) is 81.4 cm³/mol. The highest BCUT2D eigenvalue weighted by Crippen LogP contribution is 2.37. The highest BCUT2D eigenvalue weighted by atomic mass is 15.3.